The lowest BCUT2D eigenvalue weighted by Crippen LogP contribution is -2.30. The molecule has 1 atom stereocenters. The number of aromatic nitrogens is 3. The fourth-order valence-corrected chi connectivity index (χ4v) is 4.68. The lowest BCUT2D eigenvalue weighted by atomic mass is 9.81. The lowest BCUT2D eigenvalue weighted by molar-refractivity contribution is -0.114. The number of hydrogen-bond acceptors (Lipinski definition) is 6. The number of fused-ring (bicyclic) bond motifs is 1. The first-order valence-corrected chi connectivity index (χ1v) is 10.8. The molecule has 1 saturated carbocycles. The average Bonchev–Trinajstić information content (AvgIpc) is 3.39. The summed E-state index contributed by atoms with van der Waals surface area (Å²) < 4.78 is 13.6. The van der Waals surface area contributed by atoms with E-state index in [0.717, 1.165) is 47.1 Å². The van der Waals surface area contributed by atoms with E-state index in [4.69, 9.17) is 14.5 Å². The highest BCUT2D eigenvalue weighted by Gasteiger charge is 2.38. The molecule has 3 aromatic heterocycles. The molecule has 0 radical (unpaired) electrons. The van der Waals surface area contributed by atoms with E-state index in [0.29, 0.717) is 19.0 Å². The van der Waals surface area contributed by atoms with Crippen LogP contribution >= 0.6 is 0 Å². The summed E-state index contributed by atoms with van der Waals surface area (Å²) in [6, 6.07) is 10.5. The van der Waals surface area contributed by atoms with Crippen LogP contribution in [0, 0.1) is 17.2 Å². The third-order valence-corrected chi connectivity index (χ3v) is 6.58. The molecule has 0 unspecified atom stereocenters. The van der Waals surface area contributed by atoms with Crippen molar-refractivity contribution in [1.29, 1.82) is 5.26 Å². The Labute approximate surface area is 186 Å². The number of carbonyl (C=O) groups is 1. The van der Waals surface area contributed by atoms with Crippen LogP contribution in [0.5, 0.6) is 0 Å². The summed E-state index contributed by atoms with van der Waals surface area (Å²) in [5.74, 6) is 0.427. The van der Waals surface area contributed by atoms with Crippen LogP contribution in [0.1, 0.15) is 37.9 Å². The average molecular weight is 431 g/mol. The molecule has 32 heavy (non-hydrogen) atoms. The van der Waals surface area contributed by atoms with Crippen molar-refractivity contribution in [3.8, 4) is 17.3 Å². The molecule has 164 valence electrons. The van der Waals surface area contributed by atoms with Gasteiger partial charge in [-0.25, -0.2) is 9.97 Å². The predicted molar refractivity (Wildman–Crippen MR) is 119 cm³/mol. The Morgan fingerprint density at radius 2 is 2.25 bits per heavy atom. The second-order valence-electron chi connectivity index (χ2n) is 8.58. The minimum atomic E-state index is -0.536. The van der Waals surface area contributed by atoms with Gasteiger partial charge in [0.1, 0.15) is 11.4 Å². The standard InChI is InChI=1S/C24H25N5O3/c1-15(30)27-23-10-18-19(13-29(21(18)12-26-23)17-8-16(9-17)11-25)20-4-3-5-22(28-20)24(31-2)6-7-32-14-24/h3-5,10,12-13,16-17H,6-9,14H2,1-2H3,(H,26,27,30)/t16?,17?,24-/m0/s1. The second-order valence-corrected chi connectivity index (χ2v) is 8.58. The molecule has 3 aromatic rings. The van der Waals surface area contributed by atoms with E-state index in [-0.39, 0.29) is 17.9 Å². The van der Waals surface area contributed by atoms with Crippen molar-refractivity contribution in [3.05, 3.63) is 42.4 Å². The monoisotopic (exact) mass is 431 g/mol. The van der Waals surface area contributed by atoms with Gasteiger partial charge in [-0.05, 0) is 31.0 Å². The number of rotatable bonds is 5. The van der Waals surface area contributed by atoms with Crippen LogP contribution in [0.25, 0.3) is 22.2 Å². The van der Waals surface area contributed by atoms with Gasteiger partial charge in [0.05, 0.1) is 41.7 Å². The number of hydrogen-bond donors (Lipinski definition) is 1. The normalized spacial score (nSPS) is 24.8. The van der Waals surface area contributed by atoms with E-state index >= 15 is 0 Å². The number of nitrogens with one attached hydrogen (secondary N) is 1. The molecule has 1 aliphatic carbocycles. The SMILES string of the molecule is CO[C@@]1(c2cccc(-c3cn(C4CC(C#N)C4)c4cnc(NC(C)=O)cc34)n2)CCOC1. The van der Waals surface area contributed by atoms with Crippen LogP contribution in [0.3, 0.4) is 0 Å². The Balaban J connectivity index is 1.62. The van der Waals surface area contributed by atoms with Gasteiger partial charge >= 0.3 is 0 Å². The summed E-state index contributed by atoms with van der Waals surface area (Å²) in [6.07, 6.45) is 6.29. The molecule has 2 fully saturated rings. The smallest absolute Gasteiger partial charge is 0.222 e. The van der Waals surface area contributed by atoms with Crippen LogP contribution in [0.4, 0.5) is 5.82 Å². The maximum absolute atomic E-state index is 11.6. The van der Waals surface area contributed by atoms with Gasteiger partial charge in [-0.1, -0.05) is 6.07 Å². The van der Waals surface area contributed by atoms with E-state index in [1.807, 2.05) is 24.3 Å². The molecule has 5 rings (SSSR count). The summed E-state index contributed by atoms with van der Waals surface area (Å²) in [5, 5.41) is 12.9. The summed E-state index contributed by atoms with van der Waals surface area (Å²) in [5.41, 5.74) is 3.06. The topological polar surface area (TPSA) is 102 Å². The molecule has 8 heteroatoms. The Bertz CT molecular complexity index is 1220. The van der Waals surface area contributed by atoms with E-state index in [1.54, 1.807) is 13.3 Å². The van der Waals surface area contributed by atoms with Gasteiger partial charge in [0.25, 0.3) is 0 Å². The molecular formula is C24H25N5O3. The summed E-state index contributed by atoms with van der Waals surface area (Å²) in [6.45, 7) is 2.59. The number of nitriles is 1. The predicted octanol–water partition coefficient (Wildman–Crippen LogP) is 3.79. The molecule has 4 heterocycles. The summed E-state index contributed by atoms with van der Waals surface area (Å²) in [4.78, 5) is 21.0. The minimum Gasteiger partial charge on any atom is -0.378 e. The number of methoxy groups -OCH3 is 1. The van der Waals surface area contributed by atoms with Gasteiger partial charge in [-0.15, -0.1) is 0 Å². The largest absolute Gasteiger partial charge is 0.378 e. The third kappa shape index (κ3) is 3.44. The van der Waals surface area contributed by atoms with Crippen molar-refractivity contribution >= 4 is 22.6 Å². The first kappa shape index (κ1) is 20.6. The highest BCUT2D eigenvalue weighted by molar-refractivity contribution is 5.98. The van der Waals surface area contributed by atoms with Gasteiger partial charge in [-0.3, -0.25) is 4.79 Å². The molecule has 0 aromatic carbocycles. The van der Waals surface area contributed by atoms with E-state index in [2.05, 4.69) is 27.1 Å². The van der Waals surface area contributed by atoms with Crippen LogP contribution in [-0.4, -0.2) is 40.8 Å². The molecule has 2 aliphatic rings. The second kappa shape index (κ2) is 8.01. The number of amides is 1. The molecule has 8 nitrogen and oxygen atoms in total. The Morgan fingerprint density at radius 1 is 1.41 bits per heavy atom. The van der Waals surface area contributed by atoms with Gasteiger partial charge in [0.2, 0.25) is 5.91 Å². The van der Waals surface area contributed by atoms with E-state index in [9.17, 15) is 10.1 Å². The molecule has 1 aliphatic heterocycles. The van der Waals surface area contributed by atoms with Crippen molar-refractivity contribution in [3.63, 3.8) is 0 Å². The molecule has 0 spiro atoms. The highest BCUT2D eigenvalue weighted by Crippen LogP contribution is 2.42. The summed E-state index contributed by atoms with van der Waals surface area (Å²) in [7, 11) is 1.70. The molecule has 0 bridgehead atoms. The zero-order valence-electron chi connectivity index (χ0n) is 18.2. The molecule has 1 saturated heterocycles. The third-order valence-electron chi connectivity index (χ3n) is 6.58. The summed E-state index contributed by atoms with van der Waals surface area (Å²) >= 11 is 0. The van der Waals surface area contributed by atoms with Crippen molar-refractivity contribution in [1.82, 2.24) is 14.5 Å². The van der Waals surface area contributed by atoms with Gasteiger partial charge in [-0.2, -0.15) is 5.26 Å². The first-order chi connectivity index (χ1) is 15.5. The van der Waals surface area contributed by atoms with Gasteiger partial charge < -0.3 is 19.4 Å². The van der Waals surface area contributed by atoms with Crippen LogP contribution < -0.4 is 5.32 Å². The van der Waals surface area contributed by atoms with Crippen LogP contribution in [0.15, 0.2) is 36.7 Å². The number of carbonyl (C=O) groups excluding carboxylic acids is 1. The zero-order valence-corrected chi connectivity index (χ0v) is 18.2. The van der Waals surface area contributed by atoms with Crippen molar-refractivity contribution < 1.29 is 14.3 Å². The Hall–Kier alpha value is -3.28. The maximum atomic E-state index is 11.6. The quantitative estimate of drug-likeness (QED) is 0.659. The molecular weight excluding hydrogens is 406 g/mol. The van der Waals surface area contributed by atoms with Gasteiger partial charge in [0.15, 0.2) is 0 Å². The van der Waals surface area contributed by atoms with Crippen LogP contribution in [0.2, 0.25) is 0 Å². The first-order valence-electron chi connectivity index (χ1n) is 10.8. The van der Waals surface area contributed by atoms with Gasteiger partial charge in [0, 0.05) is 50.2 Å². The number of anilines is 1. The number of ether oxygens (including phenoxy) is 2. The molecule has 1 N–H and O–H groups in total. The van der Waals surface area contributed by atoms with Crippen molar-refractivity contribution in [2.45, 2.75) is 37.8 Å². The van der Waals surface area contributed by atoms with E-state index in [1.165, 1.54) is 6.92 Å². The fourth-order valence-electron chi connectivity index (χ4n) is 4.68. The zero-order chi connectivity index (χ0) is 22.3. The fraction of sp³-hybridized carbons (Fsp3) is 0.417. The highest BCUT2D eigenvalue weighted by atomic mass is 16.5. The number of nitrogens with zero attached hydrogens (tertiary/aromatic N) is 4. The Morgan fingerprint density at radius 3 is 2.94 bits per heavy atom. The van der Waals surface area contributed by atoms with Crippen molar-refractivity contribution in [2.24, 2.45) is 5.92 Å². The maximum Gasteiger partial charge on any atom is 0.222 e. The lowest BCUT2D eigenvalue weighted by Gasteiger charge is -2.32. The minimum absolute atomic E-state index is 0.0953. The van der Waals surface area contributed by atoms with Crippen molar-refractivity contribution in [2.75, 3.05) is 25.6 Å². The Kier molecular flexibility index (Phi) is 5.16. The van der Waals surface area contributed by atoms with Crippen LogP contribution in [-0.2, 0) is 19.9 Å². The molecule has 1 amide bonds. The number of pyridine rings is 2. The van der Waals surface area contributed by atoms with E-state index < -0.39 is 5.60 Å².